The van der Waals surface area contributed by atoms with Crippen molar-refractivity contribution in [3.63, 3.8) is 0 Å². The Balaban J connectivity index is 1.59. The van der Waals surface area contributed by atoms with Gasteiger partial charge >= 0.3 is 0 Å². The number of nitrogens with one attached hydrogen (secondary N) is 2. The van der Waals surface area contributed by atoms with E-state index >= 15 is 0 Å². The highest BCUT2D eigenvalue weighted by Crippen LogP contribution is 2.22. The van der Waals surface area contributed by atoms with Crippen LogP contribution in [0, 0.1) is 0 Å². The van der Waals surface area contributed by atoms with Crippen LogP contribution in [0.5, 0.6) is 5.75 Å². The lowest BCUT2D eigenvalue weighted by molar-refractivity contribution is 0.0846. The normalized spacial score (nSPS) is 12.8. The molecule has 0 heterocycles. The van der Waals surface area contributed by atoms with Crippen LogP contribution in [-0.4, -0.2) is 18.4 Å². The highest BCUT2D eigenvalue weighted by atomic mass is 16.5. The third-order valence-electron chi connectivity index (χ3n) is 4.33. The maximum atomic E-state index is 12.3. The maximum Gasteiger partial charge on any atom is 0.269 e. The standard InChI is InChI=1S/C20H22N2O3/c1-2-25-18-11-9-15(10-12-18)19(23)21-22-20(24)17-8-7-14-5-3-4-6-16(14)13-17/h7-13H,2-6H2,1H3,(H,21,23)(H,22,24). The van der Waals surface area contributed by atoms with E-state index in [1.807, 2.05) is 25.1 Å². The molecule has 2 aromatic rings. The first kappa shape index (κ1) is 17.0. The predicted molar refractivity (Wildman–Crippen MR) is 95.6 cm³/mol. The van der Waals surface area contributed by atoms with Crippen molar-refractivity contribution in [1.82, 2.24) is 10.9 Å². The number of rotatable bonds is 4. The summed E-state index contributed by atoms with van der Waals surface area (Å²) in [7, 11) is 0. The van der Waals surface area contributed by atoms with E-state index in [4.69, 9.17) is 4.74 Å². The minimum absolute atomic E-state index is 0.312. The van der Waals surface area contributed by atoms with Crippen LogP contribution in [0.25, 0.3) is 0 Å². The van der Waals surface area contributed by atoms with E-state index in [1.54, 1.807) is 24.3 Å². The summed E-state index contributed by atoms with van der Waals surface area (Å²) in [6, 6.07) is 12.5. The van der Waals surface area contributed by atoms with Crippen molar-refractivity contribution in [3.05, 3.63) is 64.7 Å². The molecule has 1 aliphatic carbocycles. The summed E-state index contributed by atoms with van der Waals surface area (Å²) >= 11 is 0. The smallest absolute Gasteiger partial charge is 0.269 e. The molecule has 0 saturated carbocycles. The zero-order valence-corrected chi connectivity index (χ0v) is 14.3. The van der Waals surface area contributed by atoms with Crippen molar-refractivity contribution in [3.8, 4) is 5.75 Å². The SMILES string of the molecule is CCOc1ccc(C(=O)NNC(=O)c2ccc3c(c2)CCCC3)cc1. The fraction of sp³-hybridized carbons (Fsp3) is 0.300. The van der Waals surface area contributed by atoms with Gasteiger partial charge in [0.1, 0.15) is 5.75 Å². The summed E-state index contributed by atoms with van der Waals surface area (Å²) in [4.78, 5) is 24.4. The van der Waals surface area contributed by atoms with Crippen LogP contribution < -0.4 is 15.6 Å². The Labute approximate surface area is 147 Å². The van der Waals surface area contributed by atoms with Crippen molar-refractivity contribution in [2.24, 2.45) is 0 Å². The van der Waals surface area contributed by atoms with Crippen molar-refractivity contribution in [2.75, 3.05) is 6.61 Å². The summed E-state index contributed by atoms with van der Waals surface area (Å²) in [6.45, 7) is 2.47. The van der Waals surface area contributed by atoms with Gasteiger partial charge in [-0.3, -0.25) is 20.4 Å². The van der Waals surface area contributed by atoms with E-state index in [-0.39, 0.29) is 11.8 Å². The van der Waals surface area contributed by atoms with Crippen LogP contribution in [0.4, 0.5) is 0 Å². The second-order valence-electron chi connectivity index (χ2n) is 6.06. The van der Waals surface area contributed by atoms with Crippen LogP contribution in [0.15, 0.2) is 42.5 Å². The van der Waals surface area contributed by atoms with E-state index < -0.39 is 0 Å². The van der Waals surface area contributed by atoms with Gasteiger partial charge in [0.15, 0.2) is 0 Å². The number of hydrogen-bond acceptors (Lipinski definition) is 3. The lowest BCUT2D eigenvalue weighted by Crippen LogP contribution is -2.41. The number of fused-ring (bicyclic) bond motifs is 1. The number of ether oxygens (including phenoxy) is 1. The van der Waals surface area contributed by atoms with E-state index in [9.17, 15) is 9.59 Å². The van der Waals surface area contributed by atoms with Gasteiger partial charge in [0.05, 0.1) is 6.61 Å². The number of carbonyl (C=O) groups is 2. The molecule has 1 aliphatic rings. The number of benzene rings is 2. The molecule has 5 nitrogen and oxygen atoms in total. The van der Waals surface area contributed by atoms with Crippen LogP contribution in [0.3, 0.4) is 0 Å². The van der Waals surface area contributed by atoms with Crippen LogP contribution in [0.2, 0.25) is 0 Å². The number of hydrogen-bond donors (Lipinski definition) is 2. The minimum atomic E-state index is -0.366. The van der Waals surface area contributed by atoms with Gasteiger partial charge in [-0.2, -0.15) is 0 Å². The molecule has 130 valence electrons. The van der Waals surface area contributed by atoms with Gasteiger partial charge in [-0.1, -0.05) is 6.07 Å². The first-order chi connectivity index (χ1) is 12.2. The topological polar surface area (TPSA) is 67.4 Å². The number of carbonyl (C=O) groups excluding carboxylic acids is 2. The molecule has 5 heteroatoms. The second-order valence-corrected chi connectivity index (χ2v) is 6.06. The van der Waals surface area contributed by atoms with E-state index in [0.717, 1.165) is 19.3 Å². The molecule has 2 aromatic carbocycles. The average molecular weight is 338 g/mol. The zero-order chi connectivity index (χ0) is 17.6. The first-order valence-corrected chi connectivity index (χ1v) is 8.62. The van der Waals surface area contributed by atoms with Gasteiger partial charge in [-0.25, -0.2) is 0 Å². The Kier molecular flexibility index (Phi) is 5.33. The third kappa shape index (κ3) is 4.18. The molecule has 0 unspecified atom stereocenters. The van der Waals surface area contributed by atoms with Gasteiger partial charge in [0.25, 0.3) is 11.8 Å². The molecule has 0 aromatic heterocycles. The monoisotopic (exact) mass is 338 g/mol. The summed E-state index contributed by atoms with van der Waals surface area (Å²) in [5, 5.41) is 0. The van der Waals surface area contributed by atoms with Crippen molar-refractivity contribution in [1.29, 1.82) is 0 Å². The Morgan fingerprint density at radius 3 is 2.16 bits per heavy atom. The van der Waals surface area contributed by atoms with Gasteiger partial charge in [0.2, 0.25) is 0 Å². The van der Waals surface area contributed by atoms with E-state index in [0.29, 0.717) is 23.5 Å². The highest BCUT2D eigenvalue weighted by Gasteiger charge is 2.14. The molecular formula is C20H22N2O3. The number of aryl methyl sites for hydroxylation is 2. The van der Waals surface area contributed by atoms with Crippen LogP contribution in [0.1, 0.15) is 51.6 Å². The Hall–Kier alpha value is -2.82. The average Bonchev–Trinajstić information content (AvgIpc) is 2.66. The van der Waals surface area contributed by atoms with Crippen LogP contribution in [-0.2, 0) is 12.8 Å². The molecule has 2 amide bonds. The lowest BCUT2D eigenvalue weighted by Gasteiger charge is -2.16. The minimum Gasteiger partial charge on any atom is -0.494 e. The van der Waals surface area contributed by atoms with Gasteiger partial charge in [-0.15, -0.1) is 0 Å². The van der Waals surface area contributed by atoms with Gasteiger partial charge in [0, 0.05) is 11.1 Å². The summed E-state index contributed by atoms with van der Waals surface area (Å²) in [5.74, 6) is 0.0270. The van der Waals surface area contributed by atoms with Crippen molar-refractivity contribution >= 4 is 11.8 Å². The number of hydrazine groups is 1. The molecule has 2 N–H and O–H groups in total. The zero-order valence-electron chi connectivity index (χ0n) is 14.3. The van der Waals surface area contributed by atoms with Crippen molar-refractivity contribution in [2.45, 2.75) is 32.6 Å². The number of amides is 2. The van der Waals surface area contributed by atoms with Gasteiger partial charge in [-0.05, 0) is 80.1 Å². The van der Waals surface area contributed by atoms with Crippen LogP contribution >= 0.6 is 0 Å². The lowest BCUT2D eigenvalue weighted by atomic mass is 9.90. The molecule has 0 fully saturated rings. The summed E-state index contributed by atoms with van der Waals surface area (Å²) in [6.07, 6.45) is 4.45. The quantitative estimate of drug-likeness (QED) is 0.842. The summed E-state index contributed by atoms with van der Waals surface area (Å²) < 4.78 is 5.34. The molecule has 3 rings (SSSR count). The van der Waals surface area contributed by atoms with E-state index in [1.165, 1.54) is 17.5 Å². The Bertz CT molecular complexity index is 769. The summed E-state index contributed by atoms with van der Waals surface area (Å²) in [5.41, 5.74) is 8.49. The molecule has 0 spiro atoms. The third-order valence-corrected chi connectivity index (χ3v) is 4.33. The fourth-order valence-electron chi connectivity index (χ4n) is 3.00. The maximum absolute atomic E-state index is 12.3. The second kappa shape index (κ2) is 7.83. The largest absolute Gasteiger partial charge is 0.494 e. The van der Waals surface area contributed by atoms with E-state index in [2.05, 4.69) is 10.9 Å². The molecule has 0 atom stereocenters. The molecule has 0 saturated heterocycles. The Morgan fingerprint density at radius 2 is 1.48 bits per heavy atom. The molecule has 25 heavy (non-hydrogen) atoms. The fourth-order valence-corrected chi connectivity index (χ4v) is 3.00. The molecular weight excluding hydrogens is 316 g/mol. The highest BCUT2D eigenvalue weighted by molar-refractivity contribution is 5.99. The predicted octanol–water partition coefficient (Wildman–Crippen LogP) is 3.04. The first-order valence-electron chi connectivity index (χ1n) is 8.62. The van der Waals surface area contributed by atoms with Gasteiger partial charge < -0.3 is 4.74 Å². The molecule has 0 bridgehead atoms. The Morgan fingerprint density at radius 1 is 0.880 bits per heavy atom. The molecule has 0 radical (unpaired) electrons. The van der Waals surface area contributed by atoms with Crippen molar-refractivity contribution < 1.29 is 14.3 Å². The molecule has 0 aliphatic heterocycles.